The van der Waals surface area contributed by atoms with Crippen molar-refractivity contribution in [3.8, 4) is 6.07 Å². The van der Waals surface area contributed by atoms with Gasteiger partial charge in [-0.15, -0.1) is 11.3 Å². The zero-order valence-electron chi connectivity index (χ0n) is 8.00. The average Bonchev–Trinajstić information content (AvgIpc) is 2.54. The minimum absolute atomic E-state index is 0.126. The number of nitriles is 1. The molecule has 0 radical (unpaired) electrons. The van der Waals surface area contributed by atoms with Gasteiger partial charge in [0.2, 0.25) is 0 Å². The van der Waals surface area contributed by atoms with Crippen molar-refractivity contribution < 1.29 is 0 Å². The molecular formula is C10H14N2S. The SMILES string of the molecule is CCC(C#N)CNc1sccc1C. The fourth-order valence-corrected chi connectivity index (χ4v) is 1.88. The van der Waals surface area contributed by atoms with Crippen molar-refractivity contribution in [2.75, 3.05) is 11.9 Å². The molecule has 13 heavy (non-hydrogen) atoms. The first-order chi connectivity index (χ1) is 6.27. The average molecular weight is 194 g/mol. The Morgan fingerprint density at radius 3 is 2.92 bits per heavy atom. The van der Waals surface area contributed by atoms with Gasteiger partial charge in [0.1, 0.15) is 0 Å². The first kappa shape index (κ1) is 10.1. The van der Waals surface area contributed by atoms with Crippen LogP contribution in [0.5, 0.6) is 0 Å². The lowest BCUT2D eigenvalue weighted by atomic mass is 10.1. The number of thiophene rings is 1. The third-order valence-electron chi connectivity index (χ3n) is 2.05. The van der Waals surface area contributed by atoms with Crippen molar-refractivity contribution in [1.29, 1.82) is 5.26 Å². The molecule has 0 saturated heterocycles. The third-order valence-corrected chi connectivity index (χ3v) is 3.02. The highest BCUT2D eigenvalue weighted by atomic mass is 32.1. The van der Waals surface area contributed by atoms with Gasteiger partial charge in [0.25, 0.3) is 0 Å². The molecule has 70 valence electrons. The van der Waals surface area contributed by atoms with Crippen LogP contribution in [0.3, 0.4) is 0 Å². The van der Waals surface area contributed by atoms with Gasteiger partial charge in [0.15, 0.2) is 0 Å². The molecule has 0 aromatic carbocycles. The van der Waals surface area contributed by atoms with Gasteiger partial charge < -0.3 is 5.32 Å². The Kier molecular flexibility index (Phi) is 3.78. The quantitative estimate of drug-likeness (QED) is 0.799. The van der Waals surface area contributed by atoms with Crippen molar-refractivity contribution >= 4 is 16.3 Å². The van der Waals surface area contributed by atoms with E-state index in [1.807, 2.05) is 6.92 Å². The van der Waals surface area contributed by atoms with Crippen LogP contribution < -0.4 is 5.32 Å². The molecule has 1 aromatic rings. The lowest BCUT2D eigenvalue weighted by Gasteiger charge is -2.08. The summed E-state index contributed by atoms with van der Waals surface area (Å²) >= 11 is 1.69. The Morgan fingerprint density at radius 2 is 2.46 bits per heavy atom. The summed E-state index contributed by atoms with van der Waals surface area (Å²) in [7, 11) is 0. The molecule has 1 N–H and O–H groups in total. The highest BCUT2D eigenvalue weighted by Gasteiger charge is 2.05. The molecule has 0 fully saturated rings. The highest BCUT2D eigenvalue weighted by Crippen LogP contribution is 2.22. The van der Waals surface area contributed by atoms with Crippen molar-refractivity contribution in [3.05, 3.63) is 17.0 Å². The van der Waals surface area contributed by atoms with E-state index in [9.17, 15) is 0 Å². The molecule has 1 rings (SSSR count). The van der Waals surface area contributed by atoms with Gasteiger partial charge in [0, 0.05) is 6.54 Å². The molecule has 1 aromatic heterocycles. The molecule has 1 heterocycles. The molecular weight excluding hydrogens is 180 g/mol. The maximum Gasteiger partial charge on any atom is 0.0912 e. The molecule has 1 unspecified atom stereocenters. The predicted octanol–water partition coefficient (Wildman–Crippen LogP) is 3.02. The van der Waals surface area contributed by atoms with Crippen molar-refractivity contribution in [3.63, 3.8) is 0 Å². The number of anilines is 1. The minimum atomic E-state index is 0.126. The van der Waals surface area contributed by atoms with Gasteiger partial charge in [-0.2, -0.15) is 5.26 Å². The van der Waals surface area contributed by atoms with E-state index in [-0.39, 0.29) is 5.92 Å². The molecule has 1 atom stereocenters. The predicted molar refractivity (Wildman–Crippen MR) is 56.9 cm³/mol. The summed E-state index contributed by atoms with van der Waals surface area (Å²) in [5.74, 6) is 0.126. The smallest absolute Gasteiger partial charge is 0.0912 e. The van der Waals surface area contributed by atoms with Crippen LogP contribution in [-0.2, 0) is 0 Å². The van der Waals surface area contributed by atoms with Gasteiger partial charge >= 0.3 is 0 Å². The van der Waals surface area contributed by atoms with E-state index in [1.54, 1.807) is 11.3 Å². The van der Waals surface area contributed by atoms with E-state index in [0.717, 1.165) is 13.0 Å². The summed E-state index contributed by atoms with van der Waals surface area (Å²) in [6, 6.07) is 4.36. The standard InChI is InChI=1S/C10H14N2S/c1-3-9(6-11)7-12-10-8(2)4-5-13-10/h4-5,9,12H,3,7H2,1-2H3. The van der Waals surface area contributed by atoms with Crippen molar-refractivity contribution in [2.24, 2.45) is 5.92 Å². The number of nitrogens with zero attached hydrogens (tertiary/aromatic N) is 1. The second-order valence-electron chi connectivity index (χ2n) is 3.05. The Labute approximate surface area is 83.2 Å². The molecule has 0 aliphatic rings. The summed E-state index contributed by atoms with van der Waals surface area (Å²) in [6.07, 6.45) is 0.911. The van der Waals surface area contributed by atoms with E-state index in [4.69, 9.17) is 5.26 Å². The van der Waals surface area contributed by atoms with Crippen LogP contribution in [0, 0.1) is 24.2 Å². The number of hydrogen-bond acceptors (Lipinski definition) is 3. The summed E-state index contributed by atoms with van der Waals surface area (Å²) in [5, 5.41) is 15.3. The first-order valence-electron chi connectivity index (χ1n) is 4.45. The van der Waals surface area contributed by atoms with E-state index >= 15 is 0 Å². The number of nitrogens with one attached hydrogen (secondary N) is 1. The summed E-state index contributed by atoms with van der Waals surface area (Å²) in [4.78, 5) is 0. The van der Waals surface area contributed by atoms with Gasteiger partial charge in [-0.25, -0.2) is 0 Å². The molecule has 0 aliphatic carbocycles. The summed E-state index contributed by atoms with van der Waals surface area (Å²) < 4.78 is 0. The van der Waals surface area contributed by atoms with E-state index in [0.29, 0.717) is 0 Å². The molecule has 0 amide bonds. The van der Waals surface area contributed by atoms with E-state index in [1.165, 1.54) is 10.6 Å². The second-order valence-corrected chi connectivity index (χ2v) is 3.96. The van der Waals surface area contributed by atoms with Gasteiger partial charge in [-0.1, -0.05) is 6.92 Å². The number of aryl methyl sites for hydroxylation is 1. The summed E-state index contributed by atoms with van der Waals surface area (Å²) in [5.41, 5.74) is 1.26. The van der Waals surface area contributed by atoms with Gasteiger partial charge in [-0.05, 0) is 30.4 Å². The van der Waals surface area contributed by atoms with Gasteiger partial charge in [-0.3, -0.25) is 0 Å². The molecule has 0 aliphatic heterocycles. The molecule has 0 saturated carbocycles. The van der Waals surface area contributed by atoms with Crippen LogP contribution in [0.15, 0.2) is 11.4 Å². The van der Waals surface area contributed by atoms with Crippen LogP contribution in [0.2, 0.25) is 0 Å². The largest absolute Gasteiger partial charge is 0.375 e. The van der Waals surface area contributed by atoms with Crippen LogP contribution in [0.25, 0.3) is 0 Å². The van der Waals surface area contributed by atoms with Crippen LogP contribution in [-0.4, -0.2) is 6.54 Å². The van der Waals surface area contributed by atoms with Crippen molar-refractivity contribution in [1.82, 2.24) is 0 Å². The number of rotatable bonds is 4. The van der Waals surface area contributed by atoms with E-state index in [2.05, 4.69) is 29.8 Å². The molecule has 2 nitrogen and oxygen atoms in total. The van der Waals surface area contributed by atoms with Crippen molar-refractivity contribution in [2.45, 2.75) is 20.3 Å². The number of hydrogen-bond donors (Lipinski definition) is 1. The molecule has 0 bridgehead atoms. The molecule has 3 heteroatoms. The molecule has 0 spiro atoms. The van der Waals surface area contributed by atoms with Gasteiger partial charge in [0.05, 0.1) is 17.0 Å². The van der Waals surface area contributed by atoms with Crippen LogP contribution >= 0.6 is 11.3 Å². The normalized spacial score (nSPS) is 12.1. The monoisotopic (exact) mass is 194 g/mol. The Balaban J connectivity index is 2.44. The lowest BCUT2D eigenvalue weighted by molar-refractivity contribution is 0.675. The van der Waals surface area contributed by atoms with E-state index < -0.39 is 0 Å². The fourth-order valence-electron chi connectivity index (χ4n) is 1.05. The zero-order chi connectivity index (χ0) is 9.68. The first-order valence-corrected chi connectivity index (χ1v) is 5.33. The van der Waals surface area contributed by atoms with Crippen LogP contribution in [0.1, 0.15) is 18.9 Å². The highest BCUT2D eigenvalue weighted by molar-refractivity contribution is 7.14. The second kappa shape index (κ2) is 4.88. The minimum Gasteiger partial charge on any atom is -0.375 e. The summed E-state index contributed by atoms with van der Waals surface area (Å²) in [6.45, 7) is 4.87. The Morgan fingerprint density at radius 1 is 1.69 bits per heavy atom. The maximum atomic E-state index is 8.74. The van der Waals surface area contributed by atoms with Crippen LogP contribution in [0.4, 0.5) is 5.00 Å². The lowest BCUT2D eigenvalue weighted by Crippen LogP contribution is -2.11. The zero-order valence-corrected chi connectivity index (χ0v) is 8.82. The Hall–Kier alpha value is -1.01. The fraction of sp³-hybridized carbons (Fsp3) is 0.500. The Bertz CT molecular complexity index is 298. The third kappa shape index (κ3) is 2.74. The topological polar surface area (TPSA) is 35.8 Å². The maximum absolute atomic E-state index is 8.74.